The maximum absolute atomic E-state index is 12.9. The van der Waals surface area contributed by atoms with Crippen molar-refractivity contribution in [2.45, 2.75) is 6.54 Å². The highest BCUT2D eigenvalue weighted by Gasteiger charge is 2.17. The zero-order valence-electron chi connectivity index (χ0n) is 13.9. The normalized spacial score (nSPS) is 11.2. The van der Waals surface area contributed by atoms with Crippen molar-refractivity contribution in [3.05, 3.63) is 75.3 Å². The molecule has 0 spiro atoms. The molecule has 0 aliphatic carbocycles. The number of benzene rings is 2. The van der Waals surface area contributed by atoms with Crippen LogP contribution < -0.4 is 5.56 Å². The third kappa shape index (κ3) is 2.95. The number of pyridine rings is 1. The quantitative estimate of drug-likeness (QED) is 0.583. The number of rotatable bonds is 3. The van der Waals surface area contributed by atoms with Crippen LogP contribution in [0.5, 0.6) is 0 Å². The number of hydrogen-bond donors (Lipinski definition) is 2. The second-order valence-electron chi connectivity index (χ2n) is 6.10. The van der Waals surface area contributed by atoms with E-state index in [2.05, 4.69) is 15.0 Å². The topological polar surface area (TPSA) is 81.8 Å². The fraction of sp³-hybridized carbons (Fsp3) is 0.105. The van der Waals surface area contributed by atoms with Crippen molar-refractivity contribution < 1.29 is 4.79 Å². The maximum atomic E-state index is 12.9. The van der Waals surface area contributed by atoms with E-state index in [4.69, 9.17) is 11.6 Å². The molecule has 2 N–H and O–H groups in total. The first-order valence-electron chi connectivity index (χ1n) is 8.03. The van der Waals surface area contributed by atoms with E-state index < -0.39 is 0 Å². The fourth-order valence-electron chi connectivity index (χ4n) is 2.99. The molecule has 2 heterocycles. The van der Waals surface area contributed by atoms with Crippen LogP contribution in [0.15, 0.2) is 53.3 Å². The number of aromatic amines is 2. The van der Waals surface area contributed by atoms with Crippen LogP contribution in [0, 0.1) is 0 Å². The van der Waals surface area contributed by atoms with Crippen molar-refractivity contribution in [2.24, 2.45) is 0 Å². The van der Waals surface area contributed by atoms with E-state index in [9.17, 15) is 9.59 Å². The average Bonchev–Trinajstić information content (AvgIpc) is 3.01. The lowest BCUT2D eigenvalue weighted by atomic mass is 10.1. The predicted molar refractivity (Wildman–Crippen MR) is 101 cm³/mol. The minimum absolute atomic E-state index is 0.245. The van der Waals surface area contributed by atoms with Gasteiger partial charge in [-0.05, 0) is 24.3 Å². The van der Waals surface area contributed by atoms with Crippen LogP contribution in [0.1, 0.15) is 16.2 Å². The van der Waals surface area contributed by atoms with Crippen molar-refractivity contribution in [3.63, 3.8) is 0 Å². The molecule has 130 valence electrons. The summed E-state index contributed by atoms with van der Waals surface area (Å²) in [5.74, 6) is 0.401. The molecule has 2 aromatic carbocycles. The van der Waals surface area contributed by atoms with Crippen LogP contribution in [0.2, 0.25) is 5.02 Å². The average molecular weight is 367 g/mol. The van der Waals surface area contributed by atoms with Gasteiger partial charge >= 0.3 is 0 Å². The summed E-state index contributed by atoms with van der Waals surface area (Å²) in [4.78, 5) is 36.7. The van der Waals surface area contributed by atoms with Crippen molar-refractivity contribution >= 4 is 39.4 Å². The summed E-state index contributed by atoms with van der Waals surface area (Å²) in [6, 6.07) is 14.0. The summed E-state index contributed by atoms with van der Waals surface area (Å²) in [5, 5.41) is 1.33. The lowest BCUT2D eigenvalue weighted by Crippen LogP contribution is -2.28. The van der Waals surface area contributed by atoms with E-state index in [1.807, 2.05) is 24.3 Å². The van der Waals surface area contributed by atoms with Crippen LogP contribution in [0.4, 0.5) is 0 Å². The molecule has 4 aromatic rings. The number of aromatic nitrogens is 3. The molecular weight excluding hydrogens is 352 g/mol. The number of nitrogens with one attached hydrogen (secondary N) is 2. The number of halogens is 1. The number of nitrogens with zero attached hydrogens (tertiary/aromatic N) is 2. The van der Waals surface area contributed by atoms with Gasteiger partial charge in [-0.25, -0.2) is 4.98 Å². The van der Waals surface area contributed by atoms with Gasteiger partial charge in [-0.2, -0.15) is 0 Å². The molecule has 0 bridgehead atoms. The molecule has 0 atom stereocenters. The first-order chi connectivity index (χ1) is 12.5. The van der Waals surface area contributed by atoms with Gasteiger partial charge in [-0.1, -0.05) is 29.8 Å². The molecule has 0 saturated carbocycles. The Morgan fingerprint density at radius 2 is 1.92 bits per heavy atom. The zero-order chi connectivity index (χ0) is 18.3. The van der Waals surface area contributed by atoms with Gasteiger partial charge in [0.2, 0.25) is 5.56 Å². The van der Waals surface area contributed by atoms with Gasteiger partial charge < -0.3 is 14.9 Å². The molecule has 0 saturated heterocycles. The number of imidazole rings is 1. The smallest absolute Gasteiger partial charge is 0.254 e. The van der Waals surface area contributed by atoms with E-state index in [1.54, 1.807) is 25.2 Å². The molecule has 2 aromatic heterocycles. The van der Waals surface area contributed by atoms with Crippen LogP contribution >= 0.6 is 11.6 Å². The summed E-state index contributed by atoms with van der Waals surface area (Å²) in [5.41, 5.74) is 2.29. The predicted octanol–water partition coefficient (Wildman–Crippen LogP) is 3.33. The Balaban J connectivity index is 1.66. The molecular formula is C19H15ClN4O2. The Bertz CT molecular complexity index is 1200. The molecule has 0 aliphatic heterocycles. The number of para-hydroxylation sites is 1. The molecule has 7 heteroatoms. The highest BCUT2D eigenvalue weighted by Crippen LogP contribution is 2.19. The van der Waals surface area contributed by atoms with Gasteiger partial charge in [-0.15, -0.1) is 0 Å². The Labute approximate surface area is 153 Å². The van der Waals surface area contributed by atoms with Crippen LogP contribution in [-0.4, -0.2) is 32.8 Å². The summed E-state index contributed by atoms with van der Waals surface area (Å²) in [6.07, 6.45) is 0. The molecule has 0 aliphatic rings. The standard InChI is InChI=1S/C19H15ClN4O2/c1-24(10-17-21-15-7-6-11(20)8-16(15)22-17)19(26)13-9-18(25)23-14-5-3-2-4-12(13)14/h2-9H,10H2,1H3,(H,21,22)(H,23,25). The highest BCUT2D eigenvalue weighted by atomic mass is 35.5. The Morgan fingerprint density at radius 3 is 2.77 bits per heavy atom. The molecule has 6 nitrogen and oxygen atoms in total. The lowest BCUT2D eigenvalue weighted by molar-refractivity contribution is 0.0783. The van der Waals surface area contributed by atoms with Gasteiger partial charge in [0.1, 0.15) is 5.82 Å². The van der Waals surface area contributed by atoms with Gasteiger partial charge in [0.25, 0.3) is 5.91 Å². The molecule has 0 fully saturated rings. The summed E-state index contributed by atoms with van der Waals surface area (Å²) in [7, 11) is 1.68. The largest absolute Gasteiger partial charge is 0.340 e. The van der Waals surface area contributed by atoms with Gasteiger partial charge in [0, 0.05) is 29.0 Å². The number of fused-ring (bicyclic) bond motifs is 2. The molecule has 26 heavy (non-hydrogen) atoms. The molecule has 0 radical (unpaired) electrons. The van der Waals surface area contributed by atoms with Crippen LogP contribution in [-0.2, 0) is 6.54 Å². The van der Waals surface area contributed by atoms with E-state index >= 15 is 0 Å². The fourth-order valence-corrected chi connectivity index (χ4v) is 3.17. The van der Waals surface area contributed by atoms with Crippen molar-refractivity contribution in [2.75, 3.05) is 7.05 Å². The number of hydrogen-bond acceptors (Lipinski definition) is 3. The number of carbonyl (C=O) groups excluding carboxylic acids is 1. The molecule has 1 amide bonds. The van der Waals surface area contributed by atoms with Crippen molar-refractivity contribution in [3.8, 4) is 0 Å². The van der Waals surface area contributed by atoms with Crippen LogP contribution in [0.3, 0.4) is 0 Å². The molecule has 0 unspecified atom stereocenters. The Hall–Kier alpha value is -3.12. The van der Waals surface area contributed by atoms with Crippen molar-refractivity contribution in [1.29, 1.82) is 0 Å². The monoisotopic (exact) mass is 366 g/mol. The SMILES string of the molecule is CN(Cc1nc2ccc(Cl)cc2[nH]1)C(=O)c1cc(=O)[nH]c2ccccc12. The van der Waals surface area contributed by atoms with E-state index in [1.165, 1.54) is 11.0 Å². The Kier molecular flexibility index (Phi) is 3.97. The molecule has 4 rings (SSSR count). The highest BCUT2D eigenvalue weighted by molar-refractivity contribution is 6.31. The lowest BCUT2D eigenvalue weighted by Gasteiger charge is -2.16. The summed E-state index contributed by atoms with van der Waals surface area (Å²) in [6.45, 7) is 0.284. The summed E-state index contributed by atoms with van der Waals surface area (Å²) < 4.78 is 0. The van der Waals surface area contributed by atoms with Gasteiger partial charge in [0.15, 0.2) is 0 Å². The minimum Gasteiger partial charge on any atom is -0.340 e. The van der Waals surface area contributed by atoms with Gasteiger partial charge in [-0.3, -0.25) is 9.59 Å². The summed E-state index contributed by atoms with van der Waals surface area (Å²) >= 11 is 5.99. The third-order valence-electron chi connectivity index (χ3n) is 4.21. The second kappa shape index (κ2) is 6.31. The number of H-pyrrole nitrogens is 2. The van der Waals surface area contributed by atoms with Gasteiger partial charge in [0.05, 0.1) is 23.1 Å². The first-order valence-corrected chi connectivity index (χ1v) is 8.41. The van der Waals surface area contributed by atoms with Crippen molar-refractivity contribution in [1.82, 2.24) is 19.9 Å². The number of amides is 1. The third-order valence-corrected chi connectivity index (χ3v) is 4.44. The maximum Gasteiger partial charge on any atom is 0.254 e. The van der Waals surface area contributed by atoms with E-state index in [0.29, 0.717) is 27.3 Å². The zero-order valence-corrected chi connectivity index (χ0v) is 14.7. The minimum atomic E-state index is -0.307. The second-order valence-corrected chi connectivity index (χ2v) is 6.54. The van der Waals surface area contributed by atoms with E-state index in [0.717, 1.165) is 11.0 Å². The van der Waals surface area contributed by atoms with E-state index in [-0.39, 0.29) is 18.0 Å². The first kappa shape index (κ1) is 16.4. The van der Waals surface area contributed by atoms with Crippen LogP contribution in [0.25, 0.3) is 21.9 Å². The Morgan fingerprint density at radius 1 is 1.12 bits per heavy atom. The number of carbonyl (C=O) groups is 1.